The maximum atomic E-state index is 11.8. The zero-order valence-electron chi connectivity index (χ0n) is 10.1. The van der Waals surface area contributed by atoms with Crippen molar-refractivity contribution in [1.82, 2.24) is 10.2 Å². The number of carbonyl (C=O) groups excluding carboxylic acids is 1. The molecule has 1 saturated carbocycles. The Morgan fingerprint density at radius 1 is 1.56 bits per heavy atom. The second kappa shape index (κ2) is 6.26. The van der Waals surface area contributed by atoms with Crippen LogP contribution in [-0.4, -0.2) is 43.4 Å². The van der Waals surface area contributed by atoms with Crippen molar-refractivity contribution < 1.29 is 4.79 Å². The quantitative estimate of drug-likeness (QED) is 0.602. The molecule has 2 unspecified atom stereocenters. The summed E-state index contributed by atoms with van der Waals surface area (Å²) in [5, 5.41) is 3.02. The average molecular weight is 245 g/mol. The van der Waals surface area contributed by atoms with Crippen molar-refractivity contribution in [3.05, 3.63) is 12.2 Å². The molecule has 1 aliphatic carbocycles. The fraction of sp³-hybridized carbons (Fsp3) is 0.750. The molecule has 4 heteroatoms. The van der Waals surface area contributed by atoms with Gasteiger partial charge < -0.3 is 10.2 Å². The number of hydrogen-bond donors (Lipinski definition) is 1. The fourth-order valence-electron chi connectivity index (χ4n) is 1.97. The standard InChI is InChI=1S/C12H21ClN2O/c1-9-6-10(8-11(13)7-9)12(16)14-4-5-15(2)3/h10-11H,1,4-8H2,2-3H3,(H,14,16). The summed E-state index contributed by atoms with van der Waals surface area (Å²) in [6, 6.07) is 0. The molecule has 0 saturated heterocycles. The van der Waals surface area contributed by atoms with Crippen molar-refractivity contribution in [2.45, 2.75) is 24.6 Å². The van der Waals surface area contributed by atoms with Crippen LogP contribution in [0.1, 0.15) is 19.3 Å². The Balaban J connectivity index is 2.32. The molecule has 0 aliphatic heterocycles. The SMILES string of the molecule is C=C1CC(Cl)CC(C(=O)NCCN(C)C)C1. The number of nitrogens with zero attached hydrogens (tertiary/aromatic N) is 1. The summed E-state index contributed by atoms with van der Waals surface area (Å²) in [6.07, 6.45) is 2.41. The summed E-state index contributed by atoms with van der Waals surface area (Å²) < 4.78 is 0. The van der Waals surface area contributed by atoms with Gasteiger partial charge in [0.05, 0.1) is 0 Å². The molecule has 0 aromatic carbocycles. The van der Waals surface area contributed by atoms with Crippen molar-refractivity contribution in [2.75, 3.05) is 27.2 Å². The minimum atomic E-state index is 0.0194. The van der Waals surface area contributed by atoms with Crippen LogP contribution in [0.4, 0.5) is 0 Å². The number of likely N-dealkylation sites (N-methyl/N-ethyl adjacent to an activating group) is 1. The fourth-order valence-corrected chi connectivity index (χ4v) is 2.40. The molecule has 0 aromatic heterocycles. The molecule has 1 aliphatic rings. The lowest BCUT2D eigenvalue weighted by Gasteiger charge is -2.26. The van der Waals surface area contributed by atoms with E-state index in [4.69, 9.17) is 11.6 Å². The van der Waals surface area contributed by atoms with Gasteiger partial charge in [-0.2, -0.15) is 0 Å². The molecule has 0 spiro atoms. The number of alkyl halides is 1. The van der Waals surface area contributed by atoms with E-state index in [-0.39, 0.29) is 17.2 Å². The van der Waals surface area contributed by atoms with Crippen molar-refractivity contribution in [3.63, 3.8) is 0 Å². The number of hydrogen-bond acceptors (Lipinski definition) is 2. The van der Waals surface area contributed by atoms with E-state index in [2.05, 4.69) is 11.9 Å². The van der Waals surface area contributed by atoms with Crippen LogP contribution in [0.25, 0.3) is 0 Å². The lowest BCUT2D eigenvalue weighted by atomic mass is 9.85. The minimum Gasteiger partial charge on any atom is -0.355 e. The Morgan fingerprint density at radius 2 is 2.25 bits per heavy atom. The summed E-state index contributed by atoms with van der Waals surface area (Å²) in [6.45, 7) is 5.49. The summed E-state index contributed by atoms with van der Waals surface area (Å²) in [7, 11) is 3.98. The van der Waals surface area contributed by atoms with Gasteiger partial charge >= 0.3 is 0 Å². The summed E-state index contributed by atoms with van der Waals surface area (Å²) in [5.74, 6) is 0.138. The van der Waals surface area contributed by atoms with E-state index in [9.17, 15) is 4.79 Å². The summed E-state index contributed by atoms with van der Waals surface area (Å²) >= 11 is 6.09. The first-order valence-electron chi connectivity index (χ1n) is 5.72. The molecule has 92 valence electrons. The highest BCUT2D eigenvalue weighted by Crippen LogP contribution is 2.30. The monoisotopic (exact) mass is 244 g/mol. The molecule has 1 rings (SSSR count). The molecule has 3 nitrogen and oxygen atoms in total. The van der Waals surface area contributed by atoms with Gasteiger partial charge in [-0.25, -0.2) is 0 Å². The van der Waals surface area contributed by atoms with E-state index < -0.39 is 0 Å². The van der Waals surface area contributed by atoms with E-state index in [0.717, 1.165) is 31.4 Å². The summed E-state index contributed by atoms with van der Waals surface area (Å²) in [5.41, 5.74) is 1.10. The van der Waals surface area contributed by atoms with Gasteiger partial charge in [-0.15, -0.1) is 11.6 Å². The molecule has 0 bridgehead atoms. The Labute approximate surface area is 103 Å². The third kappa shape index (κ3) is 4.54. The molecule has 0 aromatic rings. The summed E-state index contributed by atoms with van der Waals surface area (Å²) in [4.78, 5) is 13.9. The second-order valence-corrected chi connectivity index (χ2v) is 5.40. The lowest BCUT2D eigenvalue weighted by molar-refractivity contribution is -0.125. The first-order chi connectivity index (χ1) is 7.49. The molecule has 0 radical (unpaired) electrons. The highest BCUT2D eigenvalue weighted by atomic mass is 35.5. The molecule has 1 fully saturated rings. The number of allylic oxidation sites excluding steroid dienone is 1. The second-order valence-electron chi connectivity index (χ2n) is 4.78. The van der Waals surface area contributed by atoms with E-state index >= 15 is 0 Å². The first kappa shape index (κ1) is 13.5. The van der Waals surface area contributed by atoms with Crippen molar-refractivity contribution in [2.24, 2.45) is 5.92 Å². The molecule has 0 heterocycles. The Hall–Kier alpha value is -0.540. The number of rotatable bonds is 4. The van der Waals surface area contributed by atoms with Crippen molar-refractivity contribution in [3.8, 4) is 0 Å². The molecule has 16 heavy (non-hydrogen) atoms. The van der Waals surface area contributed by atoms with Gasteiger partial charge in [-0.3, -0.25) is 4.79 Å². The van der Waals surface area contributed by atoms with Gasteiger partial charge in [0.25, 0.3) is 0 Å². The average Bonchev–Trinajstić information content (AvgIpc) is 2.15. The van der Waals surface area contributed by atoms with E-state index in [1.54, 1.807) is 0 Å². The van der Waals surface area contributed by atoms with Crippen LogP contribution < -0.4 is 5.32 Å². The van der Waals surface area contributed by atoms with E-state index in [1.807, 2.05) is 19.0 Å². The van der Waals surface area contributed by atoms with Crippen molar-refractivity contribution in [1.29, 1.82) is 0 Å². The van der Waals surface area contributed by atoms with Crippen LogP contribution in [0.2, 0.25) is 0 Å². The van der Waals surface area contributed by atoms with Crippen LogP contribution in [0.5, 0.6) is 0 Å². The van der Waals surface area contributed by atoms with Gasteiger partial charge in [0.2, 0.25) is 5.91 Å². The van der Waals surface area contributed by atoms with Gasteiger partial charge in [-0.05, 0) is 33.4 Å². The van der Waals surface area contributed by atoms with Gasteiger partial charge in [-0.1, -0.05) is 12.2 Å². The smallest absolute Gasteiger partial charge is 0.223 e. The minimum absolute atomic E-state index is 0.0194. The molecular formula is C12H21ClN2O. The van der Waals surface area contributed by atoms with Gasteiger partial charge in [0, 0.05) is 24.4 Å². The van der Waals surface area contributed by atoms with Gasteiger partial charge in [0.1, 0.15) is 0 Å². The molecule has 2 atom stereocenters. The Bertz CT molecular complexity index is 266. The third-order valence-electron chi connectivity index (χ3n) is 2.81. The van der Waals surface area contributed by atoms with E-state index in [1.165, 1.54) is 0 Å². The van der Waals surface area contributed by atoms with Crippen LogP contribution in [0.15, 0.2) is 12.2 Å². The predicted octanol–water partition coefficient (Wildman–Crippen LogP) is 1.63. The lowest BCUT2D eigenvalue weighted by Crippen LogP contribution is -2.37. The predicted molar refractivity (Wildman–Crippen MR) is 67.7 cm³/mol. The maximum absolute atomic E-state index is 11.8. The third-order valence-corrected chi connectivity index (χ3v) is 3.15. The Kier molecular flexibility index (Phi) is 5.29. The first-order valence-corrected chi connectivity index (χ1v) is 6.16. The van der Waals surface area contributed by atoms with Crippen LogP contribution in [0.3, 0.4) is 0 Å². The topological polar surface area (TPSA) is 32.3 Å². The normalized spacial score (nSPS) is 25.9. The number of amides is 1. The van der Waals surface area contributed by atoms with Crippen LogP contribution in [0, 0.1) is 5.92 Å². The van der Waals surface area contributed by atoms with E-state index in [0.29, 0.717) is 6.54 Å². The van der Waals surface area contributed by atoms with Gasteiger partial charge in [0.15, 0.2) is 0 Å². The molecule has 1 N–H and O–H groups in total. The molecule has 1 amide bonds. The number of carbonyl (C=O) groups is 1. The van der Waals surface area contributed by atoms with Crippen LogP contribution >= 0.6 is 11.6 Å². The largest absolute Gasteiger partial charge is 0.355 e. The Morgan fingerprint density at radius 3 is 2.81 bits per heavy atom. The highest BCUT2D eigenvalue weighted by Gasteiger charge is 2.27. The zero-order chi connectivity index (χ0) is 12.1. The molecular weight excluding hydrogens is 224 g/mol. The number of nitrogens with one attached hydrogen (secondary N) is 1. The number of halogens is 1. The highest BCUT2D eigenvalue weighted by molar-refractivity contribution is 6.21. The maximum Gasteiger partial charge on any atom is 0.223 e. The van der Waals surface area contributed by atoms with Crippen molar-refractivity contribution >= 4 is 17.5 Å². The van der Waals surface area contributed by atoms with Crippen LogP contribution in [-0.2, 0) is 4.79 Å². The zero-order valence-corrected chi connectivity index (χ0v) is 10.9.